The van der Waals surface area contributed by atoms with Crippen LogP contribution in [0.4, 0.5) is 0 Å². The fourth-order valence-electron chi connectivity index (χ4n) is 3.02. The molecule has 0 amide bonds. The average Bonchev–Trinajstić information content (AvgIpc) is 2.50. The molecule has 2 saturated heterocycles. The summed E-state index contributed by atoms with van der Waals surface area (Å²) in [6.07, 6.45) is 6.73. The van der Waals surface area contributed by atoms with Gasteiger partial charge < -0.3 is 15.4 Å². The summed E-state index contributed by atoms with van der Waals surface area (Å²) in [5.41, 5.74) is 1.31. The fourth-order valence-corrected chi connectivity index (χ4v) is 3.02. The van der Waals surface area contributed by atoms with Gasteiger partial charge in [0.1, 0.15) is 6.10 Å². The number of pyridine rings is 1. The Bertz CT molecular complexity index is 398. The van der Waals surface area contributed by atoms with Crippen LogP contribution in [-0.4, -0.2) is 37.3 Å². The minimum atomic E-state index is 0.330. The molecule has 4 nitrogen and oxygen atoms in total. The van der Waals surface area contributed by atoms with Crippen LogP contribution in [0.2, 0.25) is 0 Å². The molecule has 2 fully saturated rings. The average molecular weight is 261 g/mol. The maximum absolute atomic E-state index is 6.17. The van der Waals surface area contributed by atoms with Crippen LogP contribution >= 0.6 is 0 Å². The first kappa shape index (κ1) is 12.9. The maximum atomic E-state index is 6.17. The molecule has 1 aromatic rings. The Kier molecular flexibility index (Phi) is 4.30. The summed E-state index contributed by atoms with van der Waals surface area (Å²) in [5.74, 6) is 1.48. The number of piperidine rings is 2. The molecule has 19 heavy (non-hydrogen) atoms. The zero-order valence-corrected chi connectivity index (χ0v) is 11.4. The van der Waals surface area contributed by atoms with Gasteiger partial charge in [-0.2, -0.15) is 0 Å². The van der Waals surface area contributed by atoms with Gasteiger partial charge in [0, 0.05) is 11.8 Å². The highest BCUT2D eigenvalue weighted by Crippen LogP contribution is 2.31. The van der Waals surface area contributed by atoms with Crippen molar-refractivity contribution in [3.63, 3.8) is 0 Å². The van der Waals surface area contributed by atoms with E-state index in [0.29, 0.717) is 12.0 Å². The third-order valence-corrected chi connectivity index (χ3v) is 4.14. The van der Waals surface area contributed by atoms with E-state index in [0.717, 1.165) is 44.9 Å². The summed E-state index contributed by atoms with van der Waals surface area (Å²) in [4.78, 5) is 4.48. The summed E-state index contributed by atoms with van der Waals surface area (Å²) in [6.45, 7) is 4.32. The first-order valence-electron chi connectivity index (χ1n) is 7.46. The van der Waals surface area contributed by atoms with Gasteiger partial charge in [-0.3, -0.25) is 0 Å². The van der Waals surface area contributed by atoms with E-state index >= 15 is 0 Å². The van der Waals surface area contributed by atoms with E-state index in [1.807, 2.05) is 12.3 Å². The fraction of sp³-hybridized carbons (Fsp3) is 0.667. The zero-order chi connectivity index (χ0) is 12.9. The van der Waals surface area contributed by atoms with Crippen molar-refractivity contribution in [3.8, 4) is 5.88 Å². The lowest BCUT2D eigenvalue weighted by Crippen LogP contribution is -2.34. The number of nitrogens with zero attached hydrogens (tertiary/aromatic N) is 1. The highest BCUT2D eigenvalue weighted by molar-refractivity contribution is 5.30. The molecule has 0 saturated carbocycles. The van der Waals surface area contributed by atoms with Crippen molar-refractivity contribution in [1.82, 2.24) is 15.6 Å². The molecule has 2 aliphatic rings. The molecule has 0 aliphatic carbocycles. The Labute approximate surface area is 115 Å². The highest BCUT2D eigenvalue weighted by Gasteiger charge is 2.22. The predicted molar refractivity (Wildman–Crippen MR) is 75.6 cm³/mol. The number of aromatic nitrogens is 1. The van der Waals surface area contributed by atoms with Gasteiger partial charge in [-0.05, 0) is 63.8 Å². The van der Waals surface area contributed by atoms with Crippen LogP contribution in [0.15, 0.2) is 18.3 Å². The summed E-state index contributed by atoms with van der Waals surface area (Å²) in [6, 6.07) is 4.23. The molecule has 0 aromatic carbocycles. The molecule has 0 radical (unpaired) electrons. The highest BCUT2D eigenvalue weighted by atomic mass is 16.5. The molecule has 3 rings (SSSR count). The third kappa shape index (κ3) is 3.25. The van der Waals surface area contributed by atoms with Crippen molar-refractivity contribution in [2.75, 3.05) is 26.2 Å². The zero-order valence-electron chi connectivity index (χ0n) is 11.4. The first-order chi connectivity index (χ1) is 9.43. The minimum absolute atomic E-state index is 0.330. The molecule has 1 aromatic heterocycles. The van der Waals surface area contributed by atoms with E-state index in [9.17, 15) is 0 Å². The van der Waals surface area contributed by atoms with Crippen LogP contribution in [0.1, 0.15) is 37.2 Å². The van der Waals surface area contributed by atoms with Gasteiger partial charge in [0.2, 0.25) is 5.88 Å². The van der Waals surface area contributed by atoms with Crippen LogP contribution < -0.4 is 15.4 Å². The quantitative estimate of drug-likeness (QED) is 0.869. The second-order valence-corrected chi connectivity index (χ2v) is 5.49. The van der Waals surface area contributed by atoms with Crippen molar-refractivity contribution in [2.45, 2.75) is 37.7 Å². The summed E-state index contributed by atoms with van der Waals surface area (Å²) < 4.78 is 6.17. The Morgan fingerprint density at radius 1 is 1.00 bits per heavy atom. The van der Waals surface area contributed by atoms with Gasteiger partial charge in [-0.25, -0.2) is 4.98 Å². The van der Waals surface area contributed by atoms with Crippen molar-refractivity contribution in [1.29, 1.82) is 0 Å². The van der Waals surface area contributed by atoms with Gasteiger partial charge in [0.15, 0.2) is 0 Å². The molecule has 2 N–H and O–H groups in total. The molecular weight excluding hydrogens is 238 g/mol. The lowest BCUT2D eigenvalue weighted by Gasteiger charge is -2.27. The van der Waals surface area contributed by atoms with Crippen molar-refractivity contribution in [2.24, 2.45) is 0 Å². The SMILES string of the molecule is c1cnc(OC2CCNCC2)c(C2CCNCC2)c1. The van der Waals surface area contributed by atoms with Crippen LogP contribution in [0, 0.1) is 0 Å². The number of ether oxygens (including phenoxy) is 1. The Morgan fingerprint density at radius 3 is 2.42 bits per heavy atom. The van der Waals surface area contributed by atoms with Gasteiger partial charge in [0.05, 0.1) is 0 Å². The van der Waals surface area contributed by atoms with Crippen LogP contribution in [-0.2, 0) is 0 Å². The topological polar surface area (TPSA) is 46.2 Å². The smallest absolute Gasteiger partial charge is 0.217 e. The third-order valence-electron chi connectivity index (χ3n) is 4.14. The Morgan fingerprint density at radius 2 is 1.68 bits per heavy atom. The Hall–Kier alpha value is -1.13. The van der Waals surface area contributed by atoms with Crippen molar-refractivity contribution < 1.29 is 4.74 Å². The summed E-state index contributed by atoms with van der Waals surface area (Å²) in [5, 5.41) is 6.79. The number of nitrogens with one attached hydrogen (secondary N) is 2. The van der Waals surface area contributed by atoms with Crippen molar-refractivity contribution >= 4 is 0 Å². The van der Waals surface area contributed by atoms with E-state index in [4.69, 9.17) is 4.74 Å². The number of rotatable bonds is 3. The summed E-state index contributed by atoms with van der Waals surface area (Å²) >= 11 is 0. The number of hydrogen-bond acceptors (Lipinski definition) is 4. The lowest BCUT2D eigenvalue weighted by molar-refractivity contribution is 0.153. The van der Waals surface area contributed by atoms with Crippen molar-refractivity contribution in [3.05, 3.63) is 23.9 Å². The van der Waals surface area contributed by atoms with Gasteiger partial charge in [-0.1, -0.05) is 6.07 Å². The molecule has 2 aliphatic heterocycles. The Balaban J connectivity index is 1.72. The van der Waals surface area contributed by atoms with Crippen LogP contribution in [0.25, 0.3) is 0 Å². The second kappa shape index (κ2) is 6.35. The minimum Gasteiger partial charge on any atom is -0.474 e. The molecule has 104 valence electrons. The lowest BCUT2D eigenvalue weighted by atomic mass is 9.91. The molecule has 3 heterocycles. The first-order valence-corrected chi connectivity index (χ1v) is 7.46. The molecular formula is C15H23N3O. The van der Waals surface area contributed by atoms with E-state index < -0.39 is 0 Å². The predicted octanol–water partition coefficient (Wildman–Crippen LogP) is 1.68. The van der Waals surface area contributed by atoms with Crippen LogP contribution in [0.3, 0.4) is 0 Å². The number of hydrogen-bond donors (Lipinski definition) is 2. The van der Waals surface area contributed by atoms with E-state index in [-0.39, 0.29) is 0 Å². The van der Waals surface area contributed by atoms with Gasteiger partial charge in [0.25, 0.3) is 0 Å². The normalized spacial score (nSPS) is 22.3. The largest absolute Gasteiger partial charge is 0.474 e. The molecule has 4 heteroatoms. The van der Waals surface area contributed by atoms with E-state index in [2.05, 4.69) is 21.7 Å². The van der Waals surface area contributed by atoms with E-state index in [1.165, 1.54) is 18.4 Å². The summed E-state index contributed by atoms with van der Waals surface area (Å²) in [7, 11) is 0. The maximum Gasteiger partial charge on any atom is 0.217 e. The van der Waals surface area contributed by atoms with Gasteiger partial charge >= 0.3 is 0 Å². The standard InChI is InChI=1S/C15H23N3O/c1-2-14(12-3-8-16-9-4-12)15(18-7-1)19-13-5-10-17-11-6-13/h1-2,7,12-13,16-17H,3-6,8-11H2. The van der Waals surface area contributed by atoms with Gasteiger partial charge in [-0.15, -0.1) is 0 Å². The molecule has 0 unspecified atom stereocenters. The second-order valence-electron chi connectivity index (χ2n) is 5.49. The monoisotopic (exact) mass is 261 g/mol. The van der Waals surface area contributed by atoms with Crippen LogP contribution in [0.5, 0.6) is 5.88 Å². The molecule has 0 atom stereocenters. The molecule has 0 spiro atoms. The van der Waals surface area contributed by atoms with E-state index in [1.54, 1.807) is 0 Å². The molecule has 0 bridgehead atoms.